The zero-order valence-corrected chi connectivity index (χ0v) is 11.4. The van der Waals surface area contributed by atoms with Gasteiger partial charge in [-0.25, -0.2) is 0 Å². The standard InChI is InChI=1S/C12H13N3O4S/c16-12(17)8-7-20-5-3-15(8)6-10-13-11(19-14-10)9-2-1-4-18-9/h1-2,4,8H,3,5-7H2,(H,16,17). The molecule has 106 valence electrons. The molecule has 0 bridgehead atoms. The van der Waals surface area contributed by atoms with Crippen LogP contribution in [-0.4, -0.2) is 50.2 Å². The minimum absolute atomic E-state index is 0.309. The van der Waals surface area contributed by atoms with Gasteiger partial charge in [0.05, 0.1) is 12.8 Å². The molecule has 2 aromatic heterocycles. The van der Waals surface area contributed by atoms with Gasteiger partial charge in [0.1, 0.15) is 6.04 Å². The van der Waals surface area contributed by atoms with E-state index in [9.17, 15) is 9.90 Å². The maximum atomic E-state index is 11.2. The summed E-state index contributed by atoms with van der Waals surface area (Å²) in [6.07, 6.45) is 1.53. The molecule has 0 amide bonds. The second-order valence-electron chi connectivity index (χ2n) is 4.39. The third-order valence-electron chi connectivity index (χ3n) is 3.07. The van der Waals surface area contributed by atoms with Crippen LogP contribution < -0.4 is 0 Å². The Balaban J connectivity index is 1.72. The summed E-state index contributed by atoms with van der Waals surface area (Å²) in [5, 5.41) is 13.1. The van der Waals surface area contributed by atoms with Gasteiger partial charge in [0.25, 0.3) is 5.89 Å². The minimum Gasteiger partial charge on any atom is -0.480 e. The van der Waals surface area contributed by atoms with Gasteiger partial charge >= 0.3 is 5.97 Å². The lowest BCUT2D eigenvalue weighted by Gasteiger charge is -2.31. The van der Waals surface area contributed by atoms with E-state index in [1.54, 1.807) is 23.9 Å². The number of aromatic nitrogens is 2. The van der Waals surface area contributed by atoms with Crippen LogP contribution in [0.1, 0.15) is 5.82 Å². The van der Waals surface area contributed by atoms with Crippen molar-refractivity contribution in [3.05, 3.63) is 24.2 Å². The van der Waals surface area contributed by atoms with Crippen LogP contribution in [0.15, 0.2) is 27.3 Å². The largest absolute Gasteiger partial charge is 0.480 e. The smallest absolute Gasteiger partial charge is 0.321 e. The van der Waals surface area contributed by atoms with Crippen LogP contribution in [0.3, 0.4) is 0 Å². The Morgan fingerprint density at radius 1 is 1.60 bits per heavy atom. The van der Waals surface area contributed by atoms with E-state index in [4.69, 9.17) is 8.94 Å². The summed E-state index contributed by atoms with van der Waals surface area (Å²) in [5.41, 5.74) is 0. The second kappa shape index (κ2) is 5.68. The number of thioether (sulfide) groups is 1. The number of furan rings is 1. The molecule has 0 saturated carbocycles. The number of nitrogens with zero attached hydrogens (tertiary/aromatic N) is 3. The molecule has 1 N–H and O–H groups in total. The highest BCUT2D eigenvalue weighted by atomic mass is 32.2. The SMILES string of the molecule is O=C(O)C1CSCCN1Cc1noc(-c2ccco2)n1. The highest BCUT2D eigenvalue weighted by molar-refractivity contribution is 7.99. The van der Waals surface area contributed by atoms with E-state index >= 15 is 0 Å². The molecule has 1 unspecified atom stereocenters. The summed E-state index contributed by atoms with van der Waals surface area (Å²) in [5.74, 6) is 1.96. The van der Waals surface area contributed by atoms with E-state index in [2.05, 4.69) is 10.1 Å². The zero-order chi connectivity index (χ0) is 13.9. The van der Waals surface area contributed by atoms with Crippen LogP contribution >= 0.6 is 11.8 Å². The Labute approximate surface area is 118 Å². The first kappa shape index (κ1) is 13.2. The van der Waals surface area contributed by atoms with E-state index in [0.717, 1.165) is 5.75 Å². The highest BCUT2D eigenvalue weighted by Crippen LogP contribution is 2.21. The molecular formula is C12H13N3O4S. The monoisotopic (exact) mass is 295 g/mol. The summed E-state index contributed by atoms with van der Waals surface area (Å²) >= 11 is 1.65. The van der Waals surface area contributed by atoms with Gasteiger partial charge in [0.15, 0.2) is 11.6 Å². The van der Waals surface area contributed by atoms with Gasteiger partial charge in [-0.2, -0.15) is 16.7 Å². The molecule has 1 atom stereocenters. The first-order valence-corrected chi connectivity index (χ1v) is 7.30. The van der Waals surface area contributed by atoms with E-state index in [-0.39, 0.29) is 0 Å². The van der Waals surface area contributed by atoms with Crippen molar-refractivity contribution in [2.24, 2.45) is 0 Å². The normalized spacial score (nSPS) is 20.1. The molecule has 0 spiro atoms. The Morgan fingerprint density at radius 2 is 2.50 bits per heavy atom. The van der Waals surface area contributed by atoms with Gasteiger partial charge in [-0.3, -0.25) is 9.69 Å². The fourth-order valence-electron chi connectivity index (χ4n) is 2.05. The molecule has 1 aliphatic heterocycles. The fourth-order valence-corrected chi connectivity index (χ4v) is 3.16. The molecule has 0 aliphatic carbocycles. The molecule has 1 aliphatic rings. The van der Waals surface area contributed by atoms with Crippen molar-refractivity contribution in [1.29, 1.82) is 0 Å². The molecule has 20 heavy (non-hydrogen) atoms. The van der Waals surface area contributed by atoms with Crippen molar-refractivity contribution in [1.82, 2.24) is 15.0 Å². The predicted molar refractivity (Wildman–Crippen MR) is 71.2 cm³/mol. The van der Waals surface area contributed by atoms with Crippen molar-refractivity contribution in [2.75, 3.05) is 18.1 Å². The first-order chi connectivity index (χ1) is 9.74. The second-order valence-corrected chi connectivity index (χ2v) is 5.54. The molecule has 0 radical (unpaired) electrons. The van der Waals surface area contributed by atoms with Crippen molar-refractivity contribution < 1.29 is 18.8 Å². The fraction of sp³-hybridized carbons (Fsp3) is 0.417. The average Bonchev–Trinajstić information content (AvgIpc) is 3.09. The summed E-state index contributed by atoms with van der Waals surface area (Å²) in [4.78, 5) is 17.3. The van der Waals surface area contributed by atoms with E-state index in [1.165, 1.54) is 6.26 Å². The minimum atomic E-state index is -0.813. The summed E-state index contributed by atoms with van der Waals surface area (Å²) < 4.78 is 10.3. The molecular weight excluding hydrogens is 282 g/mol. The number of carboxylic acid groups (broad SMARTS) is 1. The van der Waals surface area contributed by atoms with Crippen LogP contribution in [-0.2, 0) is 11.3 Å². The number of carbonyl (C=O) groups is 1. The van der Waals surface area contributed by atoms with Crippen molar-refractivity contribution in [3.63, 3.8) is 0 Å². The van der Waals surface area contributed by atoms with Gasteiger partial charge < -0.3 is 14.0 Å². The number of carboxylic acids is 1. The molecule has 7 nitrogen and oxygen atoms in total. The summed E-state index contributed by atoms with van der Waals surface area (Å²) in [6.45, 7) is 1.06. The van der Waals surface area contributed by atoms with Crippen LogP contribution in [0, 0.1) is 0 Å². The number of rotatable bonds is 4. The Morgan fingerprint density at radius 3 is 3.25 bits per heavy atom. The lowest BCUT2D eigenvalue weighted by molar-refractivity contribution is -0.142. The van der Waals surface area contributed by atoms with Gasteiger partial charge in [-0.15, -0.1) is 0 Å². The maximum Gasteiger partial charge on any atom is 0.321 e. The van der Waals surface area contributed by atoms with Gasteiger partial charge in [-0.05, 0) is 12.1 Å². The lowest BCUT2D eigenvalue weighted by Crippen LogP contribution is -2.46. The van der Waals surface area contributed by atoms with Crippen LogP contribution in [0.2, 0.25) is 0 Å². The summed E-state index contributed by atoms with van der Waals surface area (Å²) in [6, 6.07) is 2.97. The first-order valence-electron chi connectivity index (χ1n) is 6.15. The molecule has 3 rings (SSSR count). The molecule has 1 fully saturated rings. The van der Waals surface area contributed by atoms with Gasteiger partial charge in [-0.1, -0.05) is 5.16 Å². The van der Waals surface area contributed by atoms with E-state index in [0.29, 0.717) is 36.3 Å². The van der Waals surface area contributed by atoms with Crippen molar-refractivity contribution >= 4 is 17.7 Å². The molecule has 0 aromatic carbocycles. The zero-order valence-electron chi connectivity index (χ0n) is 10.6. The van der Waals surface area contributed by atoms with E-state index in [1.807, 2.05) is 4.90 Å². The van der Waals surface area contributed by atoms with Crippen molar-refractivity contribution in [3.8, 4) is 11.7 Å². The number of aliphatic carboxylic acids is 1. The Kier molecular flexibility index (Phi) is 3.75. The molecule has 2 aromatic rings. The van der Waals surface area contributed by atoms with E-state index < -0.39 is 12.0 Å². The Hall–Kier alpha value is -1.80. The summed E-state index contributed by atoms with van der Waals surface area (Å²) in [7, 11) is 0. The van der Waals surface area contributed by atoms with Crippen LogP contribution in [0.5, 0.6) is 0 Å². The number of hydrogen-bond acceptors (Lipinski definition) is 7. The average molecular weight is 295 g/mol. The Bertz CT molecular complexity index is 583. The van der Waals surface area contributed by atoms with Crippen molar-refractivity contribution in [2.45, 2.75) is 12.6 Å². The van der Waals surface area contributed by atoms with Crippen LogP contribution in [0.25, 0.3) is 11.7 Å². The number of hydrogen-bond donors (Lipinski definition) is 1. The molecule has 8 heteroatoms. The highest BCUT2D eigenvalue weighted by Gasteiger charge is 2.30. The maximum absolute atomic E-state index is 11.2. The third kappa shape index (κ3) is 2.70. The quantitative estimate of drug-likeness (QED) is 0.903. The van der Waals surface area contributed by atoms with Gasteiger partial charge in [0.2, 0.25) is 0 Å². The molecule has 3 heterocycles. The predicted octanol–water partition coefficient (Wildman–Crippen LogP) is 1.33. The van der Waals surface area contributed by atoms with Crippen LogP contribution in [0.4, 0.5) is 0 Å². The lowest BCUT2D eigenvalue weighted by atomic mass is 10.2. The third-order valence-corrected chi connectivity index (χ3v) is 4.09. The van der Waals surface area contributed by atoms with Gasteiger partial charge in [0, 0.05) is 18.1 Å². The topological polar surface area (TPSA) is 92.6 Å². The molecule has 1 saturated heterocycles.